The Kier molecular flexibility index (Phi) is 8.02. The van der Waals surface area contributed by atoms with Crippen LogP contribution in [0.25, 0.3) is 0 Å². The highest BCUT2D eigenvalue weighted by atomic mass is 19.2. The molecule has 0 saturated heterocycles. The first-order chi connectivity index (χ1) is 16.3. The third kappa shape index (κ3) is 5.61. The van der Waals surface area contributed by atoms with Gasteiger partial charge in [0.2, 0.25) is 5.43 Å². The van der Waals surface area contributed by atoms with Gasteiger partial charge in [-0.1, -0.05) is 30.3 Å². The predicted molar refractivity (Wildman–Crippen MR) is 125 cm³/mol. The molecule has 0 atom stereocenters. The van der Waals surface area contributed by atoms with E-state index in [9.17, 15) is 23.5 Å². The molecule has 2 aromatic carbocycles. The van der Waals surface area contributed by atoms with Crippen LogP contribution in [0.4, 0.5) is 8.78 Å². The number of pyridine rings is 1. The molecule has 1 amide bonds. The number of ether oxygens (including phenoxy) is 1. The Morgan fingerprint density at radius 1 is 1.15 bits per heavy atom. The lowest BCUT2D eigenvalue weighted by Crippen LogP contribution is -2.46. The molecule has 0 bridgehead atoms. The Labute approximate surface area is 195 Å². The van der Waals surface area contributed by atoms with E-state index in [0.717, 1.165) is 22.9 Å². The second-order valence-corrected chi connectivity index (χ2v) is 7.35. The number of rotatable bonds is 6. The van der Waals surface area contributed by atoms with Gasteiger partial charge in [0.1, 0.15) is 12.4 Å². The molecular formula is C25H25F2N3O4. The minimum absolute atomic E-state index is 0.0411. The maximum absolute atomic E-state index is 13.1. The van der Waals surface area contributed by atoms with Gasteiger partial charge in [0.25, 0.3) is 5.91 Å². The molecule has 178 valence electrons. The molecule has 0 aliphatic carbocycles. The molecular weight excluding hydrogens is 444 g/mol. The number of halogens is 2. The SMILES string of the molecule is C=CCN1CNn2ccc(=O)c(O)c2C1=O.CCOc1ccccc1Cc1ccc(F)c(F)c1. The van der Waals surface area contributed by atoms with Crippen molar-refractivity contribution in [2.45, 2.75) is 13.3 Å². The highest BCUT2D eigenvalue weighted by molar-refractivity contribution is 5.96. The van der Waals surface area contributed by atoms with Crippen molar-refractivity contribution in [1.82, 2.24) is 9.58 Å². The normalized spacial score (nSPS) is 12.2. The smallest absolute Gasteiger partial charge is 0.278 e. The largest absolute Gasteiger partial charge is 0.502 e. The molecule has 0 radical (unpaired) electrons. The van der Waals surface area contributed by atoms with Crippen molar-refractivity contribution in [3.8, 4) is 11.5 Å². The van der Waals surface area contributed by atoms with E-state index >= 15 is 0 Å². The summed E-state index contributed by atoms with van der Waals surface area (Å²) in [5.41, 5.74) is 3.95. The summed E-state index contributed by atoms with van der Waals surface area (Å²) in [4.78, 5) is 24.5. The number of fused-ring (bicyclic) bond motifs is 1. The standard InChI is InChI=1S/C15H14F2O.C10H11N3O3/c1-2-18-15-6-4-3-5-12(15)9-11-7-8-13(16)14(17)10-11;1-2-4-12-6-11-13-5-3-7(14)9(15)8(13)10(12)16/h3-8,10H,2,9H2,1H3;2-3,5,11,15H,1,4,6H2. The molecule has 7 nitrogen and oxygen atoms in total. The van der Waals surface area contributed by atoms with E-state index in [1.807, 2.05) is 31.2 Å². The fourth-order valence-electron chi connectivity index (χ4n) is 3.36. The lowest BCUT2D eigenvalue weighted by molar-refractivity contribution is 0.0741. The quantitative estimate of drug-likeness (QED) is 0.539. The van der Waals surface area contributed by atoms with Gasteiger partial charge in [-0.2, -0.15) is 0 Å². The highest BCUT2D eigenvalue weighted by Crippen LogP contribution is 2.22. The minimum atomic E-state index is -0.822. The van der Waals surface area contributed by atoms with E-state index in [0.29, 0.717) is 26.2 Å². The summed E-state index contributed by atoms with van der Waals surface area (Å²) in [5, 5.41) is 9.55. The van der Waals surface area contributed by atoms with Crippen LogP contribution < -0.4 is 15.6 Å². The Balaban J connectivity index is 0.000000192. The molecule has 0 spiro atoms. The van der Waals surface area contributed by atoms with Gasteiger partial charge < -0.3 is 20.2 Å². The second kappa shape index (κ2) is 11.1. The number of hydrogen-bond donors (Lipinski definition) is 2. The number of aromatic hydroxyl groups is 1. The summed E-state index contributed by atoms with van der Waals surface area (Å²) in [7, 11) is 0. The number of para-hydroxylation sites is 1. The van der Waals surface area contributed by atoms with Crippen LogP contribution >= 0.6 is 0 Å². The van der Waals surface area contributed by atoms with Gasteiger partial charge in [-0.15, -0.1) is 6.58 Å². The van der Waals surface area contributed by atoms with Gasteiger partial charge in [-0.05, 0) is 36.2 Å². The lowest BCUT2D eigenvalue weighted by atomic mass is 10.0. The Morgan fingerprint density at radius 3 is 2.62 bits per heavy atom. The van der Waals surface area contributed by atoms with Crippen molar-refractivity contribution in [2.24, 2.45) is 0 Å². The Hall–Kier alpha value is -4.14. The number of carbonyl (C=O) groups excluding carboxylic acids is 1. The average molecular weight is 469 g/mol. The second-order valence-electron chi connectivity index (χ2n) is 7.35. The van der Waals surface area contributed by atoms with Crippen LogP contribution in [0.5, 0.6) is 11.5 Å². The van der Waals surface area contributed by atoms with Crippen molar-refractivity contribution < 1.29 is 23.4 Å². The molecule has 2 heterocycles. The minimum Gasteiger partial charge on any atom is -0.502 e. The number of hydrogen-bond acceptors (Lipinski definition) is 5. The fourth-order valence-corrected chi connectivity index (χ4v) is 3.36. The molecule has 0 fully saturated rings. The molecule has 4 rings (SSSR count). The zero-order chi connectivity index (χ0) is 24.7. The van der Waals surface area contributed by atoms with E-state index in [1.54, 1.807) is 12.1 Å². The third-order valence-electron chi connectivity index (χ3n) is 5.00. The Morgan fingerprint density at radius 2 is 1.91 bits per heavy atom. The van der Waals surface area contributed by atoms with Crippen molar-refractivity contribution in [1.29, 1.82) is 0 Å². The van der Waals surface area contributed by atoms with Gasteiger partial charge in [-0.3, -0.25) is 14.3 Å². The molecule has 0 unspecified atom stereocenters. The van der Waals surface area contributed by atoms with Crippen molar-refractivity contribution in [3.63, 3.8) is 0 Å². The summed E-state index contributed by atoms with van der Waals surface area (Å²) < 4.78 is 32.8. The van der Waals surface area contributed by atoms with Crippen LogP contribution in [0.15, 0.2) is 72.2 Å². The van der Waals surface area contributed by atoms with Gasteiger partial charge in [0.05, 0.1) is 6.61 Å². The molecule has 34 heavy (non-hydrogen) atoms. The number of carbonyl (C=O) groups is 1. The van der Waals surface area contributed by atoms with Crippen molar-refractivity contribution >= 4 is 5.91 Å². The molecule has 1 aromatic heterocycles. The summed E-state index contributed by atoms with van der Waals surface area (Å²) in [5.74, 6) is -1.79. The average Bonchev–Trinajstić information content (AvgIpc) is 2.82. The van der Waals surface area contributed by atoms with E-state index in [-0.39, 0.29) is 5.69 Å². The number of benzene rings is 2. The van der Waals surface area contributed by atoms with Gasteiger partial charge >= 0.3 is 0 Å². The first-order valence-corrected chi connectivity index (χ1v) is 10.6. The van der Waals surface area contributed by atoms with E-state index in [1.165, 1.54) is 27.9 Å². The van der Waals surface area contributed by atoms with Gasteiger partial charge in [0.15, 0.2) is 23.1 Å². The zero-order valence-electron chi connectivity index (χ0n) is 18.6. The number of amides is 1. The van der Waals surface area contributed by atoms with Crippen molar-refractivity contribution in [3.05, 3.63) is 106 Å². The van der Waals surface area contributed by atoms with Gasteiger partial charge in [-0.25, -0.2) is 8.78 Å². The summed E-state index contributed by atoms with van der Waals surface area (Å²) in [6, 6.07) is 12.7. The molecule has 1 aliphatic rings. The number of nitrogens with zero attached hydrogens (tertiary/aromatic N) is 2. The maximum Gasteiger partial charge on any atom is 0.278 e. The Bertz CT molecular complexity index is 1240. The van der Waals surface area contributed by atoms with Crippen LogP contribution in [-0.2, 0) is 6.42 Å². The summed E-state index contributed by atoms with van der Waals surface area (Å²) in [6.45, 7) is 6.68. The topological polar surface area (TPSA) is 83.8 Å². The zero-order valence-corrected chi connectivity index (χ0v) is 18.6. The van der Waals surface area contributed by atoms with Crippen molar-refractivity contribution in [2.75, 3.05) is 25.2 Å². The van der Waals surface area contributed by atoms with Crippen LogP contribution in [0, 0.1) is 11.6 Å². The molecule has 0 saturated carbocycles. The third-order valence-corrected chi connectivity index (χ3v) is 5.00. The lowest BCUT2D eigenvalue weighted by Gasteiger charge is -2.30. The maximum atomic E-state index is 13.1. The van der Waals surface area contributed by atoms with E-state index in [2.05, 4.69) is 12.0 Å². The summed E-state index contributed by atoms with van der Waals surface area (Å²) in [6.07, 6.45) is 3.52. The number of nitrogens with one attached hydrogen (secondary N) is 1. The van der Waals surface area contributed by atoms with E-state index < -0.39 is 28.7 Å². The van der Waals surface area contributed by atoms with Gasteiger partial charge in [0, 0.05) is 25.2 Å². The van der Waals surface area contributed by atoms with Crippen LogP contribution in [0.2, 0.25) is 0 Å². The molecule has 1 aliphatic heterocycles. The first kappa shape index (κ1) is 24.5. The van der Waals surface area contributed by atoms with Crippen LogP contribution in [-0.4, -0.2) is 40.4 Å². The molecule has 9 heteroatoms. The predicted octanol–water partition coefficient (Wildman–Crippen LogP) is 3.65. The van der Waals surface area contributed by atoms with Crippen LogP contribution in [0.3, 0.4) is 0 Å². The number of aromatic nitrogens is 1. The first-order valence-electron chi connectivity index (χ1n) is 10.6. The molecule has 2 N–H and O–H groups in total. The van der Waals surface area contributed by atoms with Crippen LogP contribution in [0.1, 0.15) is 28.5 Å². The van der Waals surface area contributed by atoms with E-state index in [4.69, 9.17) is 4.74 Å². The highest BCUT2D eigenvalue weighted by Gasteiger charge is 2.27. The fraction of sp³-hybridized carbons (Fsp3) is 0.200. The molecule has 3 aromatic rings. The monoisotopic (exact) mass is 469 g/mol. The summed E-state index contributed by atoms with van der Waals surface area (Å²) >= 11 is 0.